The molecule has 2 aromatic carbocycles. The second kappa shape index (κ2) is 9.74. The summed E-state index contributed by atoms with van der Waals surface area (Å²) < 4.78 is 0. The van der Waals surface area contributed by atoms with Crippen LogP contribution in [0.25, 0.3) is 0 Å². The number of benzene rings is 2. The van der Waals surface area contributed by atoms with Crippen LogP contribution in [0.15, 0.2) is 48.5 Å². The van der Waals surface area contributed by atoms with Gasteiger partial charge in [0.1, 0.15) is 0 Å². The van der Waals surface area contributed by atoms with Crippen molar-refractivity contribution in [3.8, 4) is 6.07 Å². The third-order valence-corrected chi connectivity index (χ3v) is 5.12. The lowest BCUT2D eigenvalue weighted by atomic mass is 10.1. The first kappa shape index (κ1) is 20.4. The molecule has 150 valence electrons. The van der Waals surface area contributed by atoms with E-state index in [2.05, 4.69) is 16.3 Å². The average Bonchev–Trinajstić information content (AvgIpc) is 2.75. The largest absolute Gasteiger partial charge is 0.372 e. The van der Waals surface area contributed by atoms with E-state index in [1.54, 1.807) is 29.2 Å². The SMILES string of the molecule is CC(=O)N(CCC(=O)Nc1ccc(N2CCCCC2)cc1)c1ccc(C#N)cc1. The molecule has 1 aliphatic rings. The summed E-state index contributed by atoms with van der Waals surface area (Å²) >= 11 is 0. The quantitative estimate of drug-likeness (QED) is 0.811. The first-order valence-electron chi connectivity index (χ1n) is 10.00. The number of hydrogen-bond donors (Lipinski definition) is 1. The van der Waals surface area contributed by atoms with Gasteiger partial charge in [-0.2, -0.15) is 5.26 Å². The van der Waals surface area contributed by atoms with Crippen LogP contribution < -0.4 is 15.1 Å². The van der Waals surface area contributed by atoms with Crippen molar-refractivity contribution in [2.24, 2.45) is 0 Å². The number of piperidine rings is 1. The lowest BCUT2D eigenvalue weighted by Crippen LogP contribution is -2.32. The minimum Gasteiger partial charge on any atom is -0.372 e. The van der Waals surface area contributed by atoms with Crippen LogP contribution in [-0.4, -0.2) is 31.4 Å². The van der Waals surface area contributed by atoms with Gasteiger partial charge in [0.05, 0.1) is 11.6 Å². The van der Waals surface area contributed by atoms with Crippen molar-refractivity contribution >= 4 is 28.9 Å². The number of anilines is 3. The van der Waals surface area contributed by atoms with Crippen LogP contribution in [0.3, 0.4) is 0 Å². The van der Waals surface area contributed by atoms with Crippen molar-refractivity contribution in [2.45, 2.75) is 32.6 Å². The predicted molar refractivity (Wildman–Crippen MR) is 115 cm³/mol. The van der Waals surface area contributed by atoms with Gasteiger partial charge in [0.15, 0.2) is 0 Å². The van der Waals surface area contributed by atoms with Crippen molar-refractivity contribution in [3.63, 3.8) is 0 Å². The Morgan fingerprint density at radius 2 is 1.69 bits per heavy atom. The Morgan fingerprint density at radius 1 is 1.03 bits per heavy atom. The molecule has 0 radical (unpaired) electrons. The van der Waals surface area contributed by atoms with Crippen molar-refractivity contribution in [2.75, 3.05) is 34.8 Å². The fraction of sp³-hybridized carbons (Fsp3) is 0.348. The van der Waals surface area contributed by atoms with Gasteiger partial charge in [-0.15, -0.1) is 0 Å². The minimum atomic E-state index is -0.145. The monoisotopic (exact) mass is 390 g/mol. The van der Waals surface area contributed by atoms with E-state index in [9.17, 15) is 9.59 Å². The van der Waals surface area contributed by atoms with Crippen LogP contribution in [0.4, 0.5) is 17.1 Å². The molecule has 2 amide bonds. The van der Waals surface area contributed by atoms with Gasteiger partial charge < -0.3 is 15.1 Å². The van der Waals surface area contributed by atoms with Gasteiger partial charge in [0, 0.05) is 50.0 Å². The maximum Gasteiger partial charge on any atom is 0.226 e. The van der Waals surface area contributed by atoms with Crippen LogP contribution in [0, 0.1) is 11.3 Å². The predicted octanol–water partition coefficient (Wildman–Crippen LogP) is 3.93. The number of nitrogens with zero attached hydrogens (tertiary/aromatic N) is 3. The Labute approximate surface area is 171 Å². The number of nitrogens with one attached hydrogen (secondary N) is 1. The summed E-state index contributed by atoms with van der Waals surface area (Å²) in [4.78, 5) is 28.3. The molecule has 0 saturated carbocycles. The second-order valence-corrected chi connectivity index (χ2v) is 7.22. The van der Waals surface area contributed by atoms with Crippen molar-refractivity contribution < 1.29 is 9.59 Å². The first-order valence-corrected chi connectivity index (χ1v) is 10.00. The van der Waals surface area contributed by atoms with Gasteiger partial charge in [-0.1, -0.05) is 0 Å². The van der Waals surface area contributed by atoms with Gasteiger partial charge in [-0.05, 0) is 67.8 Å². The molecule has 0 aromatic heterocycles. The van der Waals surface area contributed by atoms with Crippen LogP contribution >= 0.6 is 0 Å². The zero-order valence-corrected chi connectivity index (χ0v) is 16.7. The Hall–Kier alpha value is -3.33. The van der Waals surface area contributed by atoms with E-state index in [-0.39, 0.29) is 24.8 Å². The van der Waals surface area contributed by atoms with E-state index < -0.39 is 0 Å². The molecule has 0 bridgehead atoms. The van der Waals surface area contributed by atoms with Crippen LogP contribution in [0.5, 0.6) is 0 Å². The highest BCUT2D eigenvalue weighted by molar-refractivity contribution is 5.94. The molecule has 29 heavy (non-hydrogen) atoms. The van der Waals surface area contributed by atoms with Gasteiger partial charge >= 0.3 is 0 Å². The number of carbonyl (C=O) groups is 2. The summed E-state index contributed by atoms with van der Waals surface area (Å²) in [6.45, 7) is 3.91. The highest BCUT2D eigenvalue weighted by atomic mass is 16.2. The number of amides is 2. The van der Waals surface area contributed by atoms with Gasteiger partial charge in [0.25, 0.3) is 0 Å². The van der Waals surface area contributed by atoms with Gasteiger partial charge in [-0.25, -0.2) is 0 Å². The first-order chi connectivity index (χ1) is 14.1. The summed E-state index contributed by atoms with van der Waals surface area (Å²) in [6, 6.07) is 16.7. The highest BCUT2D eigenvalue weighted by Crippen LogP contribution is 2.22. The smallest absolute Gasteiger partial charge is 0.226 e. The second-order valence-electron chi connectivity index (χ2n) is 7.22. The molecule has 6 heteroatoms. The molecule has 6 nitrogen and oxygen atoms in total. The van der Waals surface area contributed by atoms with Crippen molar-refractivity contribution in [1.82, 2.24) is 0 Å². The lowest BCUT2D eigenvalue weighted by molar-refractivity contribution is -0.117. The summed E-state index contributed by atoms with van der Waals surface area (Å²) in [5.41, 5.74) is 3.15. The summed E-state index contributed by atoms with van der Waals surface area (Å²) in [5.74, 6) is -0.288. The normalized spacial score (nSPS) is 13.4. The van der Waals surface area contributed by atoms with Crippen molar-refractivity contribution in [3.05, 3.63) is 54.1 Å². The molecular formula is C23H26N4O2. The fourth-order valence-corrected chi connectivity index (χ4v) is 3.53. The molecule has 1 N–H and O–H groups in total. The van der Waals surface area contributed by atoms with E-state index in [0.29, 0.717) is 11.3 Å². The van der Waals surface area contributed by atoms with E-state index in [4.69, 9.17) is 5.26 Å². The number of carbonyl (C=O) groups excluding carboxylic acids is 2. The zero-order valence-electron chi connectivity index (χ0n) is 16.7. The minimum absolute atomic E-state index is 0.143. The Kier molecular flexibility index (Phi) is 6.85. The van der Waals surface area contributed by atoms with Crippen LogP contribution in [-0.2, 0) is 9.59 Å². The molecular weight excluding hydrogens is 364 g/mol. The molecule has 1 heterocycles. The maximum atomic E-state index is 12.4. The van der Waals surface area contributed by atoms with E-state index in [0.717, 1.165) is 18.8 Å². The molecule has 1 fully saturated rings. The third kappa shape index (κ3) is 5.58. The van der Waals surface area contributed by atoms with E-state index in [1.165, 1.54) is 31.9 Å². The molecule has 0 unspecified atom stereocenters. The Balaban J connectivity index is 1.54. The van der Waals surface area contributed by atoms with Gasteiger partial charge in [-0.3, -0.25) is 9.59 Å². The number of hydrogen-bond acceptors (Lipinski definition) is 4. The summed E-state index contributed by atoms with van der Waals surface area (Å²) in [6.07, 6.45) is 3.94. The number of rotatable bonds is 6. The third-order valence-electron chi connectivity index (χ3n) is 5.12. The maximum absolute atomic E-state index is 12.4. The molecule has 3 rings (SSSR count). The standard InChI is InChI=1S/C23H26N4O2/c1-18(28)27(22-9-5-19(17-24)6-10-22)16-13-23(29)25-20-7-11-21(12-8-20)26-14-3-2-4-15-26/h5-12H,2-4,13-16H2,1H3,(H,25,29). The fourth-order valence-electron chi connectivity index (χ4n) is 3.53. The summed E-state index contributed by atoms with van der Waals surface area (Å²) in [7, 11) is 0. The van der Waals surface area contributed by atoms with Crippen LogP contribution in [0.2, 0.25) is 0 Å². The van der Waals surface area contributed by atoms with E-state index in [1.807, 2.05) is 24.3 Å². The molecule has 0 aliphatic carbocycles. The lowest BCUT2D eigenvalue weighted by Gasteiger charge is -2.28. The molecule has 1 aliphatic heterocycles. The van der Waals surface area contributed by atoms with E-state index >= 15 is 0 Å². The highest BCUT2D eigenvalue weighted by Gasteiger charge is 2.14. The number of nitriles is 1. The zero-order chi connectivity index (χ0) is 20.6. The Morgan fingerprint density at radius 3 is 2.28 bits per heavy atom. The molecule has 0 spiro atoms. The Bertz CT molecular complexity index is 879. The molecule has 1 saturated heterocycles. The van der Waals surface area contributed by atoms with Gasteiger partial charge in [0.2, 0.25) is 11.8 Å². The topological polar surface area (TPSA) is 76.4 Å². The molecule has 0 atom stereocenters. The van der Waals surface area contributed by atoms with Crippen molar-refractivity contribution in [1.29, 1.82) is 5.26 Å². The molecule has 2 aromatic rings. The van der Waals surface area contributed by atoms with Crippen LogP contribution in [0.1, 0.15) is 38.2 Å². The average molecular weight is 390 g/mol. The summed E-state index contributed by atoms with van der Waals surface area (Å²) in [5, 5.41) is 11.8.